The van der Waals surface area contributed by atoms with Crippen molar-refractivity contribution in [2.75, 3.05) is 4.90 Å². The molecule has 1 heterocycles. The highest BCUT2D eigenvalue weighted by Gasteiger charge is 2.36. The van der Waals surface area contributed by atoms with Crippen LogP contribution in [-0.4, -0.2) is 23.0 Å². The fourth-order valence-electron chi connectivity index (χ4n) is 1.83. The Balaban J connectivity index is 2.33. The first-order chi connectivity index (χ1) is 7.20. The van der Waals surface area contributed by atoms with Crippen molar-refractivity contribution in [3.05, 3.63) is 30.3 Å². The maximum absolute atomic E-state index is 11.6. The highest BCUT2D eigenvalue weighted by molar-refractivity contribution is 6.02. The number of anilines is 1. The summed E-state index contributed by atoms with van der Waals surface area (Å²) >= 11 is 0. The van der Waals surface area contributed by atoms with E-state index in [4.69, 9.17) is 5.11 Å². The summed E-state index contributed by atoms with van der Waals surface area (Å²) in [4.78, 5) is 23.9. The molecule has 0 radical (unpaired) electrons. The lowest BCUT2D eigenvalue weighted by molar-refractivity contribution is -0.138. The maximum atomic E-state index is 11.6. The number of aliphatic carboxylic acids is 1. The quantitative estimate of drug-likeness (QED) is 0.790. The molecule has 1 aromatic rings. The van der Waals surface area contributed by atoms with Crippen LogP contribution in [0.2, 0.25) is 0 Å². The fraction of sp³-hybridized carbons (Fsp3) is 0.273. The van der Waals surface area contributed by atoms with Gasteiger partial charge in [-0.05, 0) is 18.6 Å². The molecular formula is C11H11NO3. The van der Waals surface area contributed by atoms with Crippen LogP contribution in [-0.2, 0) is 9.59 Å². The van der Waals surface area contributed by atoms with Gasteiger partial charge in [0, 0.05) is 12.1 Å². The number of amides is 1. The molecular weight excluding hydrogens is 194 g/mol. The number of carboxylic acid groups (broad SMARTS) is 1. The first kappa shape index (κ1) is 9.71. The standard InChI is InChI=1S/C11H11NO3/c13-10-7-6-9(11(14)15)12(10)8-4-2-1-3-5-8/h1-5,9H,6-7H2,(H,14,15)/t9-/m1/s1. The fourth-order valence-corrected chi connectivity index (χ4v) is 1.83. The van der Waals surface area contributed by atoms with Crippen molar-refractivity contribution in [3.8, 4) is 0 Å². The van der Waals surface area contributed by atoms with Gasteiger partial charge in [-0.1, -0.05) is 18.2 Å². The van der Waals surface area contributed by atoms with Gasteiger partial charge in [0.15, 0.2) is 0 Å². The Bertz CT molecular complexity index is 388. The first-order valence-corrected chi connectivity index (χ1v) is 4.80. The summed E-state index contributed by atoms with van der Waals surface area (Å²) in [5, 5.41) is 8.97. The van der Waals surface area contributed by atoms with Gasteiger partial charge in [0.05, 0.1) is 0 Å². The first-order valence-electron chi connectivity index (χ1n) is 4.80. The lowest BCUT2D eigenvalue weighted by Gasteiger charge is -2.21. The molecule has 1 aromatic carbocycles. The number of carboxylic acids is 1. The number of hydrogen-bond donors (Lipinski definition) is 1. The van der Waals surface area contributed by atoms with Gasteiger partial charge in [0.2, 0.25) is 5.91 Å². The third kappa shape index (κ3) is 1.70. The Morgan fingerprint density at radius 3 is 2.60 bits per heavy atom. The summed E-state index contributed by atoms with van der Waals surface area (Å²) in [5.41, 5.74) is 0.660. The van der Waals surface area contributed by atoms with Crippen LogP contribution >= 0.6 is 0 Å². The second-order valence-electron chi connectivity index (χ2n) is 3.49. The number of nitrogens with zero attached hydrogens (tertiary/aromatic N) is 1. The normalized spacial score (nSPS) is 20.7. The summed E-state index contributed by atoms with van der Waals surface area (Å²) in [6.07, 6.45) is 0.703. The van der Waals surface area contributed by atoms with Crippen LogP contribution in [0.3, 0.4) is 0 Å². The van der Waals surface area contributed by atoms with Crippen molar-refractivity contribution in [2.45, 2.75) is 18.9 Å². The molecule has 1 fully saturated rings. The second-order valence-corrected chi connectivity index (χ2v) is 3.49. The molecule has 0 saturated carbocycles. The lowest BCUT2D eigenvalue weighted by atomic mass is 10.2. The molecule has 1 N–H and O–H groups in total. The van der Waals surface area contributed by atoms with Crippen LogP contribution in [0.15, 0.2) is 30.3 Å². The Labute approximate surface area is 87.1 Å². The van der Waals surface area contributed by atoms with Crippen molar-refractivity contribution in [2.24, 2.45) is 0 Å². The zero-order valence-corrected chi connectivity index (χ0v) is 8.09. The molecule has 1 atom stereocenters. The molecule has 4 heteroatoms. The average Bonchev–Trinajstić information content (AvgIpc) is 2.61. The van der Waals surface area contributed by atoms with Crippen LogP contribution in [0.5, 0.6) is 0 Å². The van der Waals surface area contributed by atoms with Gasteiger partial charge in [0.1, 0.15) is 6.04 Å². The van der Waals surface area contributed by atoms with E-state index in [-0.39, 0.29) is 5.91 Å². The SMILES string of the molecule is O=C(O)[C@H]1CCC(=O)N1c1ccccc1. The molecule has 1 amide bonds. The second kappa shape index (κ2) is 3.73. The predicted octanol–water partition coefficient (Wildman–Crippen LogP) is 1.27. The van der Waals surface area contributed by atoms with Gasteiger partial charge in [-0.2, -0.15) is 0 Å². The summed E-state index contributed by atoms with van der Waals surface area (Å²) < 4.78 is 0. The number of carbonyl (C=O) groups excluding carboxylic acids is 1. The van der Waals surface area contributed by atoms with Gasteiger partial charge in [-0.25, -0.2) is 4.79 Å². The van der Waals surface area contributed by atoms with E-state index in [0.717, 1.165) is 0 Å². The molecule has 15 heavy (non-hydrogen) atoms. The Hall–Kier alpha value is -1.84. The van der Waals surface area contributed by atoms with Crippen LogP contribution in [0.25, 0.3) is 0 Å². The highest BCUT2D eigenvalue weighted by atomic mass is 16.4. The minimum atomic E-state index is -0.940. The Morgan fingerprint density at radius 1 is 1.33 bits per heavy atom. The number of benzene rings is 1. The zero-order chi connectivity index (χ0) is 10.8. The molecule has 1 aliphatic rings. The number of carbonyl (C=O) groups is 2. The van der Waals surface area contributed by atoms with Crippen molar-refractivity contribution in [1.29, 1.82) is 0 Å². The van der Waals surface area contributed by atoms with E-state index in [1.54, 1.807) is 24.3 Å². The summed E-state index contributed by atoms with van der Waals surface area (Å²) in [6, 6.07) is 8.21. The van der Waals surface area contributed by atoms with Gasteiger partial charge in [0.25, 0.3) is 0 Å². The van der Waals surface area contributed by atoms with E-state index in [0.29, 0.717) is 18.5 Å². The third-order valence-corrected chi connectivity index (χ3v) is 2.53. The van der Waals surface area contributed by atoms with Crippen molar-refractivity contribution < 1.29 is 14.7 Å². The third-order valence-electron chi connectivity index (χ3n) is 2.53. The summed E-state index contributed by atoms with van der Waals surface area (Å²) in [7, 11) is 0. The van der Waals surface area contributed by atoms with E-state index >= 15 is 0 Å². The van der Waals surface area contributed by atoms with Crippen LogP contribution < -0.4 is 4.90 Å². The van der Waals surface area contributed by atoms with Crippen LogP contribution in [0, 0.1) is 0 Å². The average molecular weight is 205 g/mol. The molecule has 0 spiro atoms. The van der Waals surface area contributed by atoms with Crippen LogP contribution in [0.1, 0.15) is 12.8 Å². The van der Waals surface area contributed by atoms with Gasteiger partial charge >= 0.3 is 5.97 Å². The topological polar surface area (TPSA) is 57.6 Å². The van der Waals surface area contributed by atoms with E-state index in [1.807, 2.05) is 6.07 Å². The van der Waals surface area contributed by atoms with E-state index < -0.39 is 12.0 Å². The monoisotopic (exact) mass is 205 g/mol. The Morgan fingerprint density at radius 2 is 2.00 bits per heavy atom. The molecule has 0 bridgehead atoms. The molecule has 78 valence electrons. The van der Waals surface area contributed by atoms with Crippen molar-refractivity contribution in [3.63, 3.8) is 0 Å². The number of hydrogen-bond acceptors (Lipinski definition) is 2. The van der Waals surface area contributed by atoms with Crippen molar-refractivity contribution in [1.82, 2.24) is 0 Å². The van der Waals surface area contributed by atoms with E-state index in [2.05, 4.69) is 0 Å². The number of rotatable bonds is 2. The zero-order valence-electron chi connectivity index (χ0n) is 8.09. The molecule has 0 unspecified atom stereocenters. The molecule has 0 aliphatic carbocycles. The van der Waals surface area contributed by atoms with Gasteiger partial charge in [-0.15, -0.1) is 0 Å². The van der Waals surface area contributed by atoms with E-state index in [1.165, 1.54) is 4.90 Å². The highest BCUT2D eigenvalue weighted by Crippen LogP contribution is 2.26. The molecule has 4 nitrogen and oxygen atoms in total. The van der Waals surface area contributed by atoms with Gasteiger partial charge in [-0.3, -0.25) is 9.69 Å². The minimum absolute atomic E-state index is 0.117. The molecule has 1 saturated heterocycles. The largest absolute Gasteiger partial charge is 0.480 e. The molecule has 0 aromatic heterocycles. The molecule has 1 aliphatic heterocycles. The minimum Gasteiger partial charge on any atom is -0.480 e. The lowest BCUT2D eigenvalue weighted by Crippen LogP contribution is -2.38. The smallest absolute Gasteiger partial charge is 0.326 e. The van der Waals surface area contributed by atoms with E-state index in [9.17, 15) is 9.59 Å². The number of para-hydroxylation sites is 1. The van der Waals surface area contributed by atoms with Crippen molar-refractivity contribution >= 4 is 17.6 Å². The summed E-state index contributed by atoms with van der Waals surface area (Å²) in [6.45, 7) is 0. The Kier molecular flexibility index (Phi) is 2.41. The molecule has 2 rings (SSSR count). The van der Waals surface area contributed by atoms with Gasteiger partial charge < -0.3 is 5.11 Å². The summed E-state index contributed by atoms with van der Waals surface area (Å²) in [5.74, 6) is -1.06. The predicted molar refractivity (Wildman–Crippen MR) is 54.6 cm³/mol. The van der Waals surface area contributed by atoms with Crippen LogP contribution in [0.4, 0.5) is 5.69 Å². The maximum Gasteiger partial charge on any atom is 0.326 e.